The molecule has 2 bridgehead atoms. The summed E-state index contributed by atoms with van der Waals surface area (Å²) in [5, 5.41) is 12.1. The molecule has 34 heavy (non-hydrogen) atoms. The number of hydrogen-bond acceptors (Lipinski definition) is 4. The molecule has 0 spiro atoms. The summed E-state index contributed by atoms with van der Waals surface area (Å²) in [6.07, 6.45) is 9.69. The van der Waals surface area contributed by atoms with Gasteiger partial charge in [-0.05, 0) is 30.5 Å². The molecule has 7 rings (SSSR count). The summed E-state index contributed by atoms with van der Waals surface area (Å²) >= 11 is 0. The average Bonchev–Trinajstić information content (AvgIpc) is 3.33. The van der Waals surface area contributed by atoms with Gasteiger partial charge in [-0.25, -0.2) is 9.56 Å². The molecule has 3 aromatic rings. The first-order valence-corrected chi connectivity index (χ1v) is 12.7. The molecule has 2 fully saturated rings. The van der Waals surface area contributed by atoms with Gasteiger partial charge in [-0.15, -0.1) is 0 Å². The number of ether oxygens (including phenoxy) is 1. The highest BCUT2D eigenvalue weighted by atomic mass is 16.5. The summed E-state index contributed by atoms with van der Waals surface area (Å²) in [7, 11) is 0. The Bertz CT molecular complexity index is 1140. The summed E-state index contributed by atoms with van der Waals surface area (Å²) in [4.78, 5) is 4.65. The van der Waals surface area contributed by atoms with Gasteiger partial charge in [0, 0.05) is 24.7 Å². The van der Waals surface area contributed by atoms with E-state index in [0.717, 1.165) is 62.1 Å². The fourth-order valence-electron chi connectivity index (χ4n) is 6.04. The lowest BCUT2D eigenvalue weighted by Gasteiger charge is -2.38. The van der Waals surface area contributed by atoms with E-state index in [2.05, 4.69) is 9.56 Å². The molecule has 0 unspecified atom stereocenters. The van der Waals surface area contributed by atoms with Gasteiger partial charge in [0.2, 0.25) is 12.4 Å². The highest BCUT2D eigenvalue weighted by molar-refractivity contribution is 5.86. The zero-order valence-electron chi connectivity index (χ0n) is 19.6. The molecule has 0 amide bonds. The average molecular weight is 458 g/mol. The van der Waals surface area contributed by atoms with Gasteiger partial charge in [-0.3, -0.25) is 0 Å². The zero-order valence-corrected chi connectivity index (χ0v) is 19.6. The van der Waals surface area contributed by atoms with Crippen molar-refractivity contribution in [2.75, 3.05) is 6.54 Å². The SMILES string of the molecule is O[C@](c1ccccc1)(c1ncc(C[N+]2=C3CC(C3)[C@@H](Oc3ccccc3)C2)o1)C1CCCCC1. The van der Waals surface area contributed by atoms with Crippen LogP contribution in [0.15, 0.2) is 71.3 Å². The van der Waals surface area contributed by atoms with Crippen LogP contribution >= 0.6 is 0 Å². The van der Waals surface area contributed by atoms with Crippen molar-refractivity contribution in [2.45, 2.75) is 63.2 Å². The Balaban J connectivity index is 1.23. The summed E-state index contributed by atoms with van der Waals surface area (Å²) in [5.74, 6) is 2.90. The molecule has 1 N–H and O–H groups in total. The minimum atomic E-state index is -1.19. The molecular weight excluding hydrogens is 424 g/mol. The predicted octanol–water partition coefficient (Wildman–Crippen LogP) is 5.32. The molecule has 2 aromatic carbocycles. The van der Waals surface area contributed by atoms with Crippen LogP contribution in [-0.4, -0.2) is 33.0 Å². The van der Waals surface area contributed by atoms with E-state index in [1.165, 1.54) is 12.1 Å². The summed E-state index contributed by atoms with van der Waals surface area (Å²) < 4.78 is 15.0. The number of aliphatic hydroxyl groups is 1. The van der Waals surface area contributed by atoms with Gasteiger partial charge in [0.1, 0.15) is 5.75 Å². The van der Waals surface area contributed by atoms with Gasteiger partial charge in [0.25, 0.3) is 0 Å². The van der Waals surface area contributed by atoms with Crippen molar-refractivity contribution in [3.8, 4) is 5.75 Å². The van der Waals surface area contributed by atoms with Crippen molar-refractivity contribution in [1.29, 1.82) is 0 Å². The molecule has 4 aliphatic rings. The summed E-state index contributed by atoms with van der Waals surface area (Å²) in [6, 6.07) is 20.1. The summed E-state index contributed by atoms with van der Waals surface area (Å²) in [5.41, 5.74) is 1.16. The maximum Gasteiger partial charge on any atom is 0.231 e. The Morgan fingerprint density at radius 1 is 0.971 bits per heavy atom. The molecule has 2 atom stereocenters. The molecular formula is C29H33N2O3+. The number of benzene rings is 2. The van der Waals surface area contributed by atoms with Crippen LogP contribution in [0.1, 0.15) is 62.2 Å². The van der Waals surface area contributed by atoms with E-state index in [1.54, 1.807) is 0 Å². The number of rotatable bonds is 7. The number of oxazole rings is 1. The Morgan fingerprint density at radius 3 is 2.41 bits per heavy atom. The topological polar surface area (TPSA) is 58.5 Å². The van der Waals surface area contributed by atoms with Crippen LogP contribution in [0.3, 0.4) is 0 Å². The fourth-order valence-corrected chi connectivity index (χ4v) is 6.04. The van der Waals surface area contributed by atoms with E-state index in [0.29, 0.717) is 18.4 Å². The van der Waals surface area contributed by atoms with Crippen molar-refractivity contribution in [3.63, 3.8) is 0 Å². The molecule has 5 nitrogen and oxygen atoms in total. The van der Waals surface area contributed by atoms with E-state index in [4.69, 9.17) is 9.15 Å². The van der Waals surface area contributed by atoms with Crippen molar-refractivity contribution >= 4 is 5.71 Å². The van der Waals surface area contributed by atoms with E-state index in [-0.39, 0.29) is 12.0 Å². The zero-order chi connectivity index (χ0) is 23.0. The summed E-state index contributed by atoms with van der Waals surface area (Å²) in [6.45, 7) is 1.52. The molecule has 5 heteroatoms. The third kappa shape index (κ3) is 3.96. The predicted molar refractivity (Wildman–Crippen MR) is 130 cm³/mol. The molecule has 2 saturated carbocycles. The van der Waals surface area contributed by atoms with Gasteiger partial charge < -0.3 is 14.3 Å². The van der Waals surface area contributed by atoms with Crippen molar-refractivity contribution in [2.24, 2.45) is 11.8 Å². The second kappa shape index (κ2) is 9.03. The molecule has 176 valence electrons. The lowest BCUT2D eigenvalue weighted by molar-refractivity contribution is -0.569. The number of hydrogen-bond donors (Lipinski definition) is 1. The van der Waals surface area contributed by atoms with Crippen LogP contribution in [-0.2, 0) is 12.1 Å². The molecule has 3 heterocycles. The number of aromatic nitrogens is 1. The van der Waals surface area contributed by atoms with E-state index < -0.39 is 5.60 Å². The Kier molecular flexibility index (Phi) is 5.74. The minimum Gasteiger partial charge on any atom is -0.484 e. The van der Waals surface area contributed by atoms with E-state index >= 15 is 0 Å². The Hall–Kier alpha value is -2.92. The minimum absolute atomic E-state index is 0.121. The largest absolute Gasteiger partial charge is 0.484 e. The lowest BCUT2D eigenvalue weighted by atomic mass is 9.73. The first kappa shape index (κ1) is 21.6. The lowest BCUT2D eigenvalue weighted by Crippen LogP contribution is -2.52. The van der Waals surface area contributed by atoms with Gasteiger partial charge in [0.15, 0.2) is 29.7 Å². The Morgan fingerprint density at radius 2 is 1.68 bits per heavy atom. The first-order valence-electron chi connectivity index (χ1n) is 12.7. The van der Waals surface area contributed by atoms with Crippen LogP contribution < -0.4 is 4.74 Å². The normalized spacial score (nSPS) is 24.4. The quantitative estimate of drug-likeness (QED) is 0.488. The second-order valence-electron chi connectivity index (χ2n) is 10.2. The van der Waals surface area contributed by atoms with Gasteiger partial charge >= 0.3 is 0 Å². The van der Waals surface area contributed by atoms with Gasteiger partial charge in [-0.1, -0.05) is 67.8 Å². The van der Waals surface area contributed by atoms with Crippen LogP contribution in [0.4, 0.5) is 0 Å². The Labute approximate surface area is 201 Å². The second-order valence-corrected chi connectivity index (χ2v) is 10.2. The van der Waals surface area contributed by atoms with Crippen molar-refractivity contribution in [3.05, 3.63) is 84.1 Å². The molecule has 2 aliphatic heterocycles. The van der Waals surface area contributed by atoms with E-state index in [9.17, 15) is 5.11 Å². The monoisotopic (exact) mass is 457 g/mol. The van der Waals surface area contributed by atoms with Crippen LogP contribution in [0.25, 0.3) is 0 Å². The van der Waals surface area contributed by atoms with Crippen LogP contribution in [0, 0.1) is 11.8 Å². The van der Waals surface area contributed by atoms with Crippen LogP contribution in [0.5, 0.6) is 5.75 Å². The highest BCUT2D eigenvalue weighted by Gasteiger charge is 2.47. The molecule has 2 aliphatic carbocycles. The molecule has 1 aromatic heterocycles. The van der Waals surface area contributed by atoms with Crippen LogP contribution in [0.2, 0.25) is 0 Å². The first-order chi connectivity index (χ1) is 16.7. The fraction of sp³-hybridized carbons (Fsp3) is 0.448. The molecule has 0 saturated heterocycles. The smallest absolute Gasteiger partial charge is 0.231 e. The van der Waals surface area contributed by atoms with Gasteiger partial charge in [-0.2, -0.15) is 0 Å². The highest BCUT2D eigenvalue weighted by Crippen LogP contribution is 2.44. The van der Waals surface area contributed by atoms with E-state index in [1.807, 2.05) is 66.9 Å². The van der Waals surface area contributed by atoms with Crippen molar-refractivity contribution < 1.29 is 18.8 Å². The number of nitrogens with zero attached hydrogens (tertiary/aromatic N) is 2. The third-order valence-electron chi connectivity index (χ3n) is 8.04. The number of para-hydroxylation sites is 1. The van der Waals surface area contributed by atoms with Crippen molar-refractivity contribution in [1.82, 2.24) is 4.98 Å². The standard InChI is InChI=1S/C29H33N2O3/c32-29(22-10-4-1-5-11-22,23-12-6-2-7-13-23)28-30-18-26(34-28)19-31-20-27(21-16-24(31)17-21)33-25-14-8-3-9-15-25/h1,3-5,8-11,14-15,18,21,23,27,32H,2,6-7,12-13,16-17,19-20H2/q+1/t27-,29-/m0/s1. The number of fused-ring (bicyclic) bond motifs is 2. The van der Waals surface area contributed by atoms with Gasteiger partial charge in [0.05, 0.1) is 6.20 Å². The maximum absolute atomic E-state index is 12.1. The third-order valence-corrected chi connectivity index (χ3v) is 8.04. The maximum atomic E-state index is 12.1. The molecule has 0 radical (unpaired) electrons.